The van der Waals surface area contributed by atoms with Crippen molar-refractivity contribution in [1.29, 1.82) is 0 Å². The van der Waals surface area contributed by atoms with Gasteiger partial charge in [-0.1, -0.05) is 25.3 Å². The van der Waals surface area contributed by atoms with Crippen LogP contribution in [0.1, 0.15) is 37.7 Å². The monoisotopic (exact) mass is 262 g/mol. The van der Waals surface area contributed by atoms with Gasteiger partial charge in [0, 0.05) is 5.57 Å². The first kappa shape index (κ1) is 13.5. The van der Waals surface area contributed by atoms with Gasteiger partial charge in [0.15, 0.2) is 11.5 Å². The maximum atomic E-state index is 11.4. The highest BCUT2D eigenvalue weighted by Gasteiger charge is 2.22. The second kappa shape index (κ2) is 5.78. The summed E-state index contributed by atoms with van der Waals surface area (Å²) in [5.41, 5.74) is 0.989. The number of hydrogen-bond acceptors (Lipinski definition) is 3. The van der Waals surface area contributed by atoms with E-state index in [0.717, 1.165) is 25.7 Å². The van der Waals surface area contributed by atoms with E-state index >= 15 is 0 Å². The van der Waals surface area contributed by atoms with Crippen LogP contribution >= 0.6 is 0 Å². The minimum absolute atomic E-state index is 0.0854. The summed E-state index contributed by atoms with van der Waals surface area (Å²) in [5.74, 6) is -1.25. The van der Waals surface area contributed by atoms with E-state index < -0.39 is 5.97 Å². The molecule has 1 aliphatic carbocycles. The highest BCUT2D eigenvalue weighted by molar-refractivity contribution is 5.92. The molecule has 0 aromatic heterocycles. The maximum absolute atomic E-state index is 11.4. The standard InChI is InChI=1S/C15H18O4/c16-13-7-6-10(9-14(13)17)8-12(15(18)19)11-4-2-1-3-5-11/h6-9,11,16-17H,1-5H2,(H,18,19)/b12-8+. The van der Waals surface area contributed by atoms with Crippen molar-refractivity contribution >= 4 is 12.0 Å². The summed E-state index contributed by atoms with van der Waals surface area (Å²) in [5, 5.41) is 28.0. The lowest BCUT2D eigenvalue weighted by atomic mass is 9.83. The molecule has 2 rings (SSSR count). The summed E-state index contributed by atoms with van der Waals surface area (Å²) in [7, 11) is 0. The quantitative estimate of drug-likeness (QED) is 0.577. The Hall–Kier alpha value is -1.97. The van der Waals surface area contributed by atoms with E-state index in [2.05, 4.69) is 0 Å². The molecule has 0 radical (unpaired) electrons. The van der Waals surface area contributed by atoms with Crippen molar-refractivity contribution in [1.82, 2.24) is 0 Å². The first-order valence-electron chi connectivity index (χ1n) is 6.55. The van der Waals surface area contributed by atoms with E-state index in [1.165, 1.54) is 18.6 Å². The zero-order chi connectivity index (χ0) is 13.8. The topological polar surface area (TPSA) is 77.8 Å². The Kier molecular flexibility index (Phi) is 4.10. The number of carbonyl (C=O) groups is 1. The molecule has 3 N–H and O–H groups in total. The van der Waals surface area contributed by atoms with Gasteiger partial charge in [-0.3, -0.25) is 0 Å². The van der Waals surface area contributed by atoms with Gasteiger partial charge in [-0.05, 0) is 42.5 Å². The fraction of sp³-hybridized carbons (Fsp3) is 0.400. The van der Waals surface area contributed by atoms with Crippen molar-refractivity contribution in [3.05, 3.63) is 29.3 Å². The van der Waals surface area contributed by atoms with E-state index in [-0.39, 0.29) is 17.4 Å². The number of aliphatic carboxylic acids is 1. The van der Waals surface area contributed by atoms with Gasteiger partial charge in [-0.25, -0.2) is 4.79 Å². The van der Waals surface area contributed by atoms with Gasteiger partial charge in [-0.15, -0.1) is 0 Å². The van der Waals surface area contributed by atoms with Crippen LogP contribution in [-0.2, 0) is 4.79 Å². The molecule has 102 valence electrons. The predicted octanol–water partition coefficient (Wildman–Crippen LogP) is 3.15. The summed E-state index contributed by atoms with van der Waals surface area (Å²) < 4.78 is 0. The molecule has 4 nitrogen and oxygen atoms in total. The van der Waals surface area contributed by atoms with Gasteiger partial charge in [0.25, 0.3) is 0 Å². The highest BCUT2D eigenvalue weighted by atomic mass is 16.4. The van der Waals surface area contributed by atoms with Crippen LogP contribution in [0.4, 0.5) is 0 Å². The highest BCUT2D eigenvalue weighted by Crippen LogP contribution is 2.32. The molecule has 0 aliphatic heterocycles. The fourth-order valence-corrected chi connectivity index (χ4v) is 2.58. The van der Waals surface area contributed by atoms with E-state index in [1.807, 2.05) is 0 Å². The van der Waals surface area contributed by atoms with E-state index in [9.17, 15) is 20.1 Å². The number of carboxylic acid groups (broad SMARTS) is 1. The predicted molar refractivity (Wildman–Crippen MR) is 72.0 cm³/mol. The Morgan fingerprint density at radius 1 is 1.11 bits per heavy atom. The van der Waals surface area contributed by atoms with Crippen molar-refractivity contribution < 1.29 is 20.1 Å². The van der Waals surface area contributed by atoms with Gasteiger partial charge in [0.05, 0.1) is 0 Å². The Balaban J connectivity index is 2.29. The normalized spacial score (nSPS) is 17.4. The largest absolute Gasteiger partial charge is 0.504 e. The minimum atomic E-state index is -0.903. The van der Waals surface area contributed by atoms with Gasteiger partial charge < -0.3 is 15.3 Å². The Morgan fingerprint density at radius 2 is 1.79 bits per heavy atom. The van der Waals surface area contributed by atoms with Gasteiger partial charge >= 0.3 is 5.97 Å². The lowest BCUT2D eigenvalue weighted by molar-refractivity contribution is -0.133. The SMILES string of the molecule is O=C(O)/C(=C/c1ccc(O)c(O)c1)C1CCCCC1. The van der Waals surface area contributed by atoms with Crippen molar-refractivity contribution in [2.75, 3.05) is 0 Å². The molecule has 0 unspecified atom stereocenters. The van der Waals surface area contributed by atoms with Gasteiger partial charge in [-0.2, -0.15) is 0 Å². The van der Waals surface area contributed by atoms with Crippen LogP contribution in [-0.4, -0.2) is 21.3 Å². The zero-order valence-electron chi connectivity index (χ0n) is 10.7. The van der Waals surface area contributed by atoms with E-state index in [1.54, 1.807) is 12.1 Å². The smallest absolute Gasteiger partial charge is 0.331 e. The molecule has 0 heterocycles. The Morgan fingerprint density at radius 3 is 2.37 bits per heavy atom. The van der Waals surface area contributed by atoms with Crippen LogP contribution in [0.25, 0.3) is 6.08 Å². The second-order valence-electron chi connectivity index (χ2n) is 4.99. The van der Waals surface area contributed by atoms with Crippen molar-refractivity contribution in [2.24, 2.45) is 5.92 Å². The average molecular weight is 262 g/mol. The molecular weight excluding hydrogens is 244 g/mol. The average Bonchev–Trinajstić information content (AvgIpc) is 2.40. The number of aromatic hydroxyl groups is 2. The molecule has 1 saturated carbocycles. The Labute approximate surface area is 112 Å². The van der Waals surface area contributed by atoms with Crippen LogP contribution in [0, 0.1) is 5.92 Å². The summed E-state index contributed by atoms with van der Waals surface area (Å²) >= 11 is 0. The first-order chi connectivity index (χ1) is 9.08. The maximum Gasteiger partial charge on any atom is 0.331 e. The molecule has 0 amide bonds. The molecule has 0 atom stereocenters. The van der Waals surface area contributed by atoms with Crippen molar-refractivity contribution in [3.63, 3.8) is 0 Å². The summed E-state index contributed by atoms with van der Waals surface area (Å²) in [4.78, 5) is 11.4. The molecule has 0 spiro atoms. The van der Waals surface area contributed by atoms with Crippen LogP contribution in [0.2, 0.25) is 0 Å². The number of benzene rings is 1. The molecule has 19 heavy (non-hydrogen) atoms. The van der Waals surface area contributed by atoms with Crippen LogP contribution < -0.4 is 0 Å². The number of rotatable bonds is 3. The second-order valence-corrected chi connectivity index (χ2v) is 4.99. The Bertz CT molecular complexity index is 499. The minimum Gasteiger partial charge on any atom is -0.504 e. The van der Waals surface area contributed by atoms with E-state index in [0.29, 0.717) is 11.1 Å². The van der Waals surface area contributed by atoms with Gasteiger partial charge in [0.1, 0.15) is 0 Å². The lowest BCUT2D eigenvalue weighted by Gasteiger charge is -2.22. The summed E-state index contributed by atoms with van der Waals surface area (Å²) in [6.07, 6.45) is 6.71. The molecule has 1 aromatic carbocycles. The van der Waals surface area contributed by atoms with Crippen molar-refractivity contribution in [2.45, 2.75) is 32.1 Å². The van der Waals surface area contributed by atoms with Crippen LogP contribution in [0.3, 0.4) is 0 Å². The molecule has 0 saturated heterocycles. The van der Waals surface area contributed by atoms with Crippen LogP contribution in [0.5, 0.6) is 11.5 Å². The van der Waals surface area contributed by atoms with E-state index in [4.69, 9.17) is 0 Å². The molecule has 1 aliphatic rings. The number of phenols is 2. The zero-order valence-corrected chi connectivity index (χ0v) is 10.7. The number of phenolic OH excluding ortho intramolecular Hbond substituents is 2. The summed E-state index contributed by atoms with van der Waals surface area (Å²) in [6.45, 7) is 0. The van der Waals surface area contributed by atoms with Gasteiger partial charge in [0.2, 0.25) is 0 Å². The molecule has 1 aromatic rings. The molecule has 1 fully saturated rings. The third-order valence-corrected chi connectivity index (χ3v) is 3.61. The van der Waals surface area contributed by atoms with Crippen LogP contribution in [0.15, 0.2) is 23.8 Å². The molecular formula is C15H18O4. The number of hydrogen-bond donors (Lipinski definition) is 3. The fourth-order valence-electron chi connectivity index (χ4n) is 2.58. The third kappa shape index (κ3) is 3.28. The third-order valence-electron chi connectivity index (χ3n) is 3.61. The lowest BCUT2D eigenvalue weighted by Crippen LogP contribution is -2.15. The summed E-state index contributed by atoms with van der Waals surface area (Å²) in [6, 6.07) is 4.34. The molecule has 0 bridgehead atoms. The molecule has 4 heteroatoms. The van der Waals surface area contributed by atoms with Crippen molar-refractivity contribution in [3.8, 4) is 11.5 Å². The first-order valence-corrected chi connectivity index (χ1v) is 6.55. The number of carboxylic acids is 1.